The van der Waals surface area contributed by atoms with Crippen molar-refractivity contribution in [3.8, 4) is 5.75 Å². The molecule has 1 rings (SSSR count). The summed E-state index contributed by atoms with van der Waals surface area (Å²) in [5, 5.41) is 19.3. The molecule has 1 aromatic rings. The standard InChI is InChI=1S/C18H28O4/c1-12-10-14(11-15(17(12)21)18(3,4)5)6-7-16(20)22-9-8-13(2)19/h10-11,13,19,21H,6-9H2,1-5H3. The number of hydrogen-bond acceptors (Lipinski definition) is 4. The number of aryl methyl sites for hydroxylation is 2. The van der Waals surface area contributed by atoms with Gasteiger partial charge in [-0.1, -0.05) is 32.9 Å². The number of aliphatic hydroxyl groups is 1. The number of phenolic OH excluding ortho intramolecular Hbond substituents is 1. The Labute approximate surface area is 133 Å². The maximum atomic E-state index is 11.7. The predicted octanol–water partition coefficient (Wildman–Crippen LogP) is 3.24. The molecule has 22 heavy (non-hydrogen) atoms. The number of aliphatic hydroxyl groups excluding tert-OH is 1. The van der Waals surface area contributed by atoms with E-state index in [2.05, 4.69) is 20.8 Å². The van der Waals surface area contributed by atoms with Gasteiger partial charge in [-0.05, 0) is 42.4 Å². The van der Waals surface area contributed by atoms with E-state index >= 15 is 0 Å². The van der Waals surface area contributed by atoms with Gasteiger partial charge in [0.1, 0.15) is 5.75 Å². The molecule has 0 aliphatic rings. The van der Waals surface area contributed by atoms with E-state index in [9.17, 15) is 9.90 Å². The van der Waals surface area contributed by atoms with Gasteiger partial charge in [0.15, 0.2) is 0 Å². The van der Waals surface area contributed by atoms with Crippen LogP contribution in [0.5, 0.6) is 5.75 Å². The molecule has 0 aliphatic heterocycles. The van der Waals surface area contributed by atoms with Crippen LogP contribution in [0, 0.1) is 6.92 Å². The molecule has 0 saturated heterocycles. The van der Waals surface area contributed by atoms with Crippen molar-refractivity contribution < 1.29 is 19.7 Å². The highest BCUT2D eigenvalue weighted by Gasteiger charge is 2.20. The van der Waals surface area contributed by atoms with Gasteiger partial charge < -0.3 is 14.9 Å². The van der Waals surface area contributed by atoms with Crippen molar-refractivity contribution in [3.63, 3.8) is 0 Å². The number of phenols is 1. The smallest absolute Gasteiger partial charge is 0.306 e. The Balaban J connectivity index is 2.67. The minimum Gasteiger partial charge on any atom is -0.507 e. The van der Waals surface area contributed by atoms with Crippen LogP contribution in [0.15, 0.2) is 12.1 Å². The molecule has 0 radical (unpaired) electrons. The van der Waals surface area contributed by atoms with Gasteiger partial charge in [0, 0.05) is 12.8 Å². The average Bonchev–Trinajstić information content (AvgIpc) is 2.38. The van der Waals surface area contributed by atoms with Gasteiger partial charge in [0.2, 0.25) is 0 Å². The number of esters is 1. The summed E-state index contributed by atoms with van der Waals surface area (Å²) in [7, 11) is 0. The average molecular weight is 308 g/mol. The van der Waals surface area contributed by atoms with E-state index in [1.807, 2.05) is 19.1 Å². The SMILES string of the molecule is Cc1cc(CCC(=O)OCCC(C)O)cc(C(C)(C)C)c1O. The van der Waals surface area contributed by atoms with Crippen LogP contribution in [-0.4, -0.2) is 28.9 Å². The summed E-state index contributed by atoms with van der Waals surface area (Å²) in [6, 6.07) is 3.87. The van der Waals surface area contributed by atoms with E-state index in [1.54, 1.807) is 6.92 Å². The first kappa shape index (κ1) is 18.5. The van der Waals surface area contributed by atoms with Gasteiger partial charge in [-0.15, -0.1) is 0 Å². The summed E-state index contributed by atoms with van der Waals surface area (Å²) in [4.78, 5) is 11.7. The van der Waals surface area contributed by atoms with Crippen molar-refractivity contribution in [1.29, 1.82) is 0 Å². The Hall–Kier alpha value is -1.55. The number of carbonyl (C=O) groups is 1. The summed E-state index contributed by atoms with van der Waals surface area (Å²) >= 11 is 0. The van der Waals surface area contributed by atoms with Gasteiger partial charge in [0.25, 0.3) is 0 Å². The van der Waals surface area contributed by atoms with Crippen molar-refractivity contribution in [2.75, 3.05) is 6.61 Å². The number of aromatic hydroxyl groups is 1. The first-order chi connectivity index (χ1) is 10.1. The largest absolute Gasteiger partial charge is 0.507 e. The van der Waals surface area contributed by atoms with E-state index in [-0.39, 0.29) is 18.0 Å². The molecule has 124 valence electrons. The van der Waals surface area contributed by atoms with Crippen molar-refractivity contribution in [1.82, 2.24) is 0 Å². The molecule has 0 heterocycles. The molecular formula is C18H28O4. The highest BCUT2D eigenvalue weighted by Crippen LogP contribution is 2.34. The predicted molar refractivity (Wildman–Crippen MR) is 87.1 cm³/mol. The molecule has 2 N–H and O–H groups in total. The Morgan fingerprint density at radius 3 is 2.50 bits per heavy atom. The molecular weight excluding hydrogens is 280 g/mol. The van der Waals surface area contributed by atoms with Gasteiger partial charge in [-0.2, -0.15) is 0 Å². The fraction of sp³-hybridized carbons (Fsp3) is 0.611. The van der Waals surface area contributed by atoms with Gasteiger partial charge in [0.05, 0.1) is 12.7 Å². The fourth-order valence-corrected chi connectivity index (χ4v) is 2.23. The highest BCUT2D eigenvalue weighted by molar-refractivity contribution is 5.69. The third-order valence-corrected chi connectivity index (χ3v) is 3.58. The number of benzene rings is 1. The summed E-state index contributed by atoms with van der Waals surface area (Å²) in [6.45, 7) is 9.94. The molecule has 0 fully saturated rings. The second-order valence-corrected chi connectivity index (χ2v) is 6.92. The summed E-state index contributed by atoms with van der Waals surface area (Å²) in [6.07, 6.45) is 0.880. The zero-order chi connectivity index (χ0) is 16.9. The number of carbonyl (C=O) groups excluding carboxylic acids is 1. The minimum atomic E-state index is -0.457. The lowest BCUT2D eigenvalue weighted by Crippen LogP contribution is -2.13. The van der Waals surface area contributed by atoms with Crippen LogP contribution in [0.3, 0.4) is 0 Å². The van der Waals surface area contributed by atoms with Gasteiger partial charge in [-0.25, -0.2) is 0 Å². The minimum absolute atomic E-state index is 0.150. The van der Waals surface area contributed by atoms with E-state index in [1.165, 1.54) is 0 Å². The zero-order valence-corrected chi connectivity index (χ0v) is 14.3. The van der Waals surface area contributed by atoms with Crippen molar-refractivity contribution in [2.45, 2.75) is 65.4 Å². The molecule has 0 amide bonds. The molecule has 0 aliphatic carbocycles. The molecule has 4 nitrogen and oxygen atoms in total. The van der Waals surface area contributed by atoms with Crippen LogP contribution < -0.4 is 0 Å². The lowest BCUT2D eigenvalue weighted by Gasteiger charge is -2.22. The van der Waals surface area contributed by atoms with Crippen LogP contribution in [0.25, 0.3) is 0 Å². The number of hydrogen-bond donors (Lipinski definition) is 2. The lowest BCUT2D eigenvalue weighted by atomic mass is 9.83. The Morgan fingerprint density at radius 1 is 1.32 bits per heavy atom. The van der Waals surface area contributed by atoms with E-state index in [4.69, 9.17) is 9.84 Å². The summed E-state index contributed by atoms with van der Waals surface area (Å²) < 4.78 is 5.08. The Morgan fingerprint density at radius 2 is 1.95 bits per heavy atom. The second kappa shape index (κ2) is 7.63. The first-order valence-electron chi connectivity index (χ1n) is 7.78. The summed E-state index contributed by atoms with van der Waals surface area (Å²) in [5.74, 6) is 0.0689. The quantitative estimate of drug-likeness (QED) is 0.792. The molecule has 1 atom stereocenters. The number of ether oxygens (including phenoxy) is 1. The van der Waals surface area contributed by atoms with Crippen LogP contribution in [-0.2, 0) is 21.4 Å². The third kappa shape index (κ3) is 5.68. The van der Waals surface area contributed by atoms with Gasteiger partial charge >= 0.3 is 5.97 Å². The Bertz CT molecular complexity index is 513. The summed E-state index contributed by atoms with van der Waals surface area (Å²) in [5.41, 5.74) is 2.59. The molecule has 1 aromatic carbocycles. The molecule has 4 heteroatoms. The normalized spacial score (nSPS) is 13.0. The lowest BCUT2D eigenvalue weighted by molar-refractivity contribution is -0.144. The maximum absolute atomic E-state index is 11.7. The Kier molecular flexibility index (Phi) is 6.42. The molecule has 0 spiro atoms. The monoisotopic (exact) mass is 308 g/mol. The van der Waals surface area contributed by atoms with Crippen LogP contribution in [0.2, 0.25) is 0 Å². The molecule has 0 bridgehead atoms. The second-order valence-electron chi connectivity index (χ2n) is 6.92. The van der Waals surface area contributed by atoms with Crippen LogP contribution in [0.1, 0.15) is 57.2 Å². The van der Waals surface area contributed by atoms with Crippen LogP contribution in [0.4, 0.5) is 0 Å². The first-order valence-corrected chi connectivity index (χ1v) is 7.78. The van der Waals surface area contributed by atoms with Crippen LogP contribution >= 0.6 is 0 Å². The topological polar surface area (TPSA) is 66.8 Å². The van der Waals surface area contributed by atoms with E-state index < -0.39 is 6.10 Å². The zero-order valence-electron chi connectivity index (χ0n) is 14.3. The van der Waals surface area contributed by atoms with Crippen molar-refractivity contribution in [3.05, 3.63) is 28.8 Å². The molecule has 1 unspecified atom stereocenters. The maximum Gasteiger partial charge on any atom is 0.306 e. The highest BCUT2D eigenvalue weighted by atomic mass is 16.5. The third-order valence-electron chi connectivity index (χ3n) is 3.58. The van der Waals surface area contributed by atoms with E-state index in [0.29, 0.717) is 25.0 Å². The molecule has 0 aromatic heterocycles. The molecule has 0 saturated carbocycles. The van der Waals surface area contributed by atoms with Crippen molar-refractivity contribution >= 4 is 5.97 Å². The van der Waals surface area contributed by atoms with E-state index in [0.717, 1.165) is 16.7 Å². The van der Waals surface area contributed by atoms with Gasteiger partial charge in [-0.3, -0.25) is 4.79 Å². The van der Waals surface area contributed by atoms with Crippen molar-refractivity contribution in [2.24, 2.45) is 0 Å². The fourth-order valence-electron chi connectivity index (χ4n) is 2.23. The number of rotatable bonds is 6.